The van der Waals surface area contributed by atoms with Gasteiger partial charge in [-0.2, -0.15) is 0 Å². The second-order valence-corrected chi connectivity index (χ2v) is 8.01. The summed E-state index contributed by atoms with van der Waals surface area (Å²) in [6, 6.07) is 8.38. The molecular weight excluding hydrogens is 188 g/mol. The smallest absolute Gasteiger partial charge is 0.218 e. The van der Waals surface area contributed by atoms with E-state index >= 15 is 0 Å². The summed E-state index contributed by atoms with van der Waals surface area (Å²) in [5, 5.41) is 1.33. The first-order chi connectivity index (χ1) is 6.49. The van der Waals surface area contributed by atoms with Crippen molar-refractivity contribution in [2.24, 2.45) is 0 Å². The molecule has 0 N–H and O–H groups in total. The van der Waals surface area contributed by atoms with E-state index in [1.807, 2.05) is 13.0 Å². The van der Waals surface area contributed by atoms with Crippen LogP contribution in [-0.2, 0) is 4.43 Å². The molecule has 1 nitrogen and oxygen atoms in total. The summed E-state index contributed by atoms with van der Waals surface area (Å²) in [6.07, 6.45) is 0. The Hall–Kier alpha value is -0.863. The Morgan fingerprint density at radius 3 is 2.36 bits per heavy atom. The Bertz CT molecular complexity index is 342. The van der Waals surface area contributed by atoms with Crippen LogP contribution in [0.4, 0.5) is 0 Å². The highest BCUT2D eigenvalue weighted by atomic mass is 28.4. The molecule has 1 aromatic rings. The van der Waals surface area contributed by atoms with Gasteiger partial charge in [0, 0.05) is 7.11 Å². The third-order valence-electron chi connectivity index (χ3n) is 2.55. The maximum absolute atomic E-state index is 5.61. The van der Waals surface area contributed by atoms with Gasteiger partial charge in [-0.1, -0.05) is 36.4 Å². The first kappa shape index (κ1) is 11.2. The fourth-order valence-electron chi connectivity index (χ4n) is 1.49. The molecule has 0 saturated heterocycles. The molecule has 2 heteroatoms. The van der Waals surface area contributed by atoms with Crippen LogP contribution >= 0.6 is 0 Å². The van der Waals surface area contributed by atoms with Gasteiger partial charge in [-0.05, 0) is 30.8 Å². The molecule has 1 rings (SSSR count). The van der Waals surface area contributed by atoms with Crippen molar-refractivity contribution in [3.05, 3.63) is 36.4 Å². The van der Waals surface area contributed by atoms with E-state index in [-0.39, 0.29) is 0 Å². The summed E-state index contributed by atoms with van der Waals surface area (Å²) < 4.78 is 5.61. The Balaban J connectivity index is 3.27. The third-order valence-corrected chi connectivity index (χ3v) is 5.30. The maximum Gasteiger partial charge on any atom is 0.218 e. The number of hydrogen-bond acceptors (Lipinski definition) is 1. The van der Waals surface area contributed by atoms with Gasteiger partial charge in [-0.25, -0.2) is 0 Å². The summed E-state index contributed by atoms with van der Waals surface area (Å²) in [5.74, 6) is 0. The van der Waals surface area contributed by atoms with Crippen LogP contribution in [-0.4, -0.2) is 15.4 Å². The van der Waals surface area contributed by atoms with Crippen LogP contribution < -0.4 is 5.19 Å². The van der Waals surface area contributed by atoms with Crippen LogP contribution in [0.15, 0.2) is 30.8 Å². The van der Waals surface area contributed by atoms with Gasteiger partial charge < -0.3 is 4.43 Å². The zero-order chi connectivity index (χ0) is 10.8. The lowest BCUT2D eigenvalue weighted by molar-refractivity contribution is 0.416. The Labute approximate surface area is 87.5 Å². The average Bonchev–Trinajstić information content (AvgIpc) is 2.18. The van der Waals surface area contributed by atoms with Crippen molar-refractivity contribution in [2.75, 3.05) is 7.11 Å². The molecule has 0 fully saturated rings. The Morgan fingerprint density at radius 1 is 1.29 bits per heavy atom. The maximum atomic E-state index is 5.61. The first-order valence-electron chi connectivity index (χ1n) is 4.79. The van der Waals surface area contributed by atoms with Crippen molar-refractivity contribution in [3.63, 3.8) is 0 Å². The van der Waals surface area contributed by atoms with Crippen LogP contribution in [0.2, 0.25) is 13.1 Å². The molecule has 0 amide bonds. The molecule has 0 bridgehead atoms. The molecule has 0 saturated carbocycles. The van der Waals surface area contributed by atoms with Gasteiger partial charge in [0.25, 0.3) is 0 Å². The molecule has 0 aliphatic carbocycles. The molecule has 0 spiro atoms. The van der Waals surface area contributed by atoms with E-state index in [2.05, 4.69) is 37.9 Å². The van der Waals surface area contributed by atoms with Gasteiger partial charge in [0.1, 0.15) is 0 Å². The molecule has 0 atom stereocenters. The number of hydrogen-bond donors (Lipinski definition) is 0. The number of benzene rings is 1. The van der Waals surface area contributed by atoms with Crippen molar-refractivity contribution in [1.29, 1.82) is 0 Å². The molecule has 14 heavy (non-hydrogen) atoms. The van der Waals surface area contributed by atoms with E-state index in [0.29, 0.717) is 0 Å². The first-order valence-corrected chi connectivity index (χ1v) is 7.70. The van der Waals surface area contributed by atoms with Crippen LogP contribution in [0.1, 0.15) is 12.5 Å². The minimum absolute atomic E-state index is 1.11. The van der Waals surface area contributed by atoms with E-state index in [4.69, 9.17) is 4.43 Å². The highest BCUT2D eigenvalue weighted by molar-refractivity contribution is 6.85. The van der Waals surface area contributed by atoms with Crippen molar-refractivity contribution in [1.82, 2.24) is 0 Å². The number of allylic oxidation sites excluding steroid dienone is 1. The van der Waals surface area contributed by atoms with Gasteiger partial charge in [-0.3, -0.25) is 0 Å². The number of rotatable bonds is 3. The summed E-state index contributed by atoms with van der Waals surface area (Å²) in [5.41, 5.74) is 2.35. The minimum atomic E-state index is -1.72. The molecule has 0 aliphatic rings. The van der Waals surface area contributed by atoms with Crippen molar-refractivity contribution in [2.45, 2.75) is 20.0 Å². The second-order valence-electron chi connectivity index (χ2n) is 4.04. The predicted molar refractivity (Wildman–Crippen MR) is 65.3 cm³/mol. The fourth-order valence-corrected chi connectivity index (χ4v) is 3.15. The molecular formula is C12H18OSi. The van der Waals surface area contributed by atoms with Crippen LogP contribution in [0.25, 0.3) is 5.57 Å². The zero-order valence-electron chi connectivity index (χ0n) is 9.42. The Morgan fingerprint density at radius 2 is 1.86 bits per heavy atom. The zero-order valence-corrected chi connectivity index (χ0v) is 10.4. The molecule has 0 radical (unpaired) electrons. The van der Waals surface area contributed by atoms with Gasteiger partial charge in [0.2, 0.25) is 8.32 Å². The molecule has 1 aromatic carbocycles. The molecule has 76 valence electrons. The van der Waals surface area contributed by atoms with Crippen LogP contribution in [0.3, 0.4) is 0 Å². The van der Waals surface area contributed by atoms with E-state index in [0.717, 1.165) is 5.57 Å². The van der Waals surface area contributed by atoms with Gasteiger partial charge in [0.05, 0.1) is 0 Å². The van der Waals surface area contributed by atoms with E-state index in [9.17, 15) is 0 Å². The molecule has 0 unspecified atom stereocenters. The predicted octanol–water partition coefficient (Wildman–Crippen LogP) is 2.78. The lowest BCUT2D eigenvalue weighted by atomic mass is 10.1. The fraction of sp³-hybridized carbons (Fsp3) is 0.333. The largest absolute Gasteiger partial charge is 0.416 e. The summed E-state index contributed by atoms with van der Waals surface area (Å²) >= 11 is 0. The molecule has 0 heterocycles. The van der Waals surface area contributed by atoms with Crippen molar-refractivity contribution >= 4 is 19.1 Å². The SMILES string of the molecule is C=C(C)c1ccccc1[Si](C)(C)OC. The van der Waals surface area contributed by atoms with Gasteiger partial charge in [0.15, 0.2) is 0 Å². The monoisotopic (exact) mass is 206 g/mol. The normalized spacial score (nSPS) is 11.4. The molecule has 0 aromatic heterocycles. The lowest BCUT2D eigenvalue weighted by Crippen LogP contribution is -2.45. The Kier molecular flexibility index (Phi) is 3.29. The van der Waals surface area contributed by atoms with E-state index in [1.54, 1.807) is 7.11 Å². The van der Waals surface area contributed by atoms with E-state index in [1.165, 1.54) is 10.8 Å². The minimum Gasteiger partial charge on any atom is -0.416 e. The topological polar surface area (TPSA) is 9.23 Å². The summed E-state index contributed by atoms with van der Waals surface area (Å²) in [6.45, 7) is 10.4. The average molecular weight is 206 g/mol. The van der Waals surface area contributed by atoms with Crippen LogP contribution in [0, 0.1) is 0 Å². The highest BCUT2D eigenvalue weighted by Crippen LogP contribution is 2.14. The third kappa shape index (κ3) is 2.14. The molecule has 0 aliphatic heterocycles. The van der Waals surface area contributed by atoms with Gasteiger partial charge >= 0.3 is 0 Å². The van der Waals surface area contributed by atoms with Crippen molar-refractivity contribution < 1.29 is 4.43 Å². The quantitative estimate of drug-likeness (QED) is 0.691. The van der Waals surface area contributed by atoms with E-state index < -0.39 is 8.32 Å². The summed E-state index contributed by atoms with van der Waals surface area (Å²) in [4.78, 5) is 0. The highest BCUT2D eigenvalue weighted by Gasteiger charge is 2.26. The standard InChI is InChI=1S/C12H18OSi/c1-10(2)11-8-6-7-9-12(11)14(4,5)13-3/h6-9H,1H2,2-5H3. The van der Waals surface area contributed by atoms with Gasteiger partial charge in [-0.15, -0.1) is 0 Å². The van der Waals surface area contributed by atoms with Crippen LogP contribution in [0.5, 0.6) is 0 Å². The summed E-state index contributed by atoms with van der Waals surface area (Å²) in [7, 11) is 0.0715. The van der Waals surface area contributed by atoms with Crippen molar-refractivity contribution in [3.8, 4) is 0 Å². The second kappa shape index (κ2) is 4.11. The lowest BCUT2D eigenvalue weighted by Gasteiger charge is -2.23.